The molecule has 1 N–H and O–H groups in total. The summed E-state index contributed by atoms with van der Waals surface area (Å²) in [6, 6.07) is 13.0. The summed E-state index contributed by atoms with van der Waals surface area (Å²) in [5.41, 5.74) is 2.92. The number of ether oxygens (including phenoxy) is 3. The molecule has 10 heteroatoms. The van der Waals surface area contributed by atoms with E-state index in [1.165, 1.54) is 0 Å². The maximum Gasteiger partial charge on any atom is 0.338 e. The van der Waals surface area contributed by atoms with Crippen LogP contribution in [0.3, 0.4) is 0 Å². The Morgan fingerprint density at radius 1 is 1.24 bits per heavy atom. The van der Waals surface area contributed by atoms with Crippen molar-refractivity contribution in [1.82, 2.24) is 14.8 Å². The van der Waals surface area contributed by atoms with Gasteiger partial charge in [0.25, 0.3) is 0 Å². The SMILES string of the molecule is C=CCOC(=O)C1=C(C)Nc2nc(SCCCC)nn2C1c1ccc(OCc2ccc(Br)cc2)c(OC)c1. The van der Waals surface area contributed by atoms with Crippen molar-refractivity contribution in [3.8, 4) is 11.5 Å². The Kier molecular flexibility index (Phi) is 9.52. The number of methoxy groups -OCH3 is 1. The number of allylic oxidation sites excluding steroid dienone is 1. The number of hydrogen-bond acceptors (Lipinski definition) is 8. The molecule has 3 aromatic rings. The van der Waals surface area contributed by atoms with E-state index in [9.17, 15) is 4.79 Å². The first-order chi connectivity index (χ1) is 18.4. The van der Waals surface area contributed by atoms with Crippen LogP contribution in [-0.4, -0.2) is 40.2 Å². The van der Waals surface area contributed by atoms with Gasteiger partial charge in [-0.15, -0.1) is 5.10 Å². The topological polar surface area (TPSA) is 87.5 Å². The first kappa shape index (κ1) is 27.8. The number of hydrogen-bond donors (Lipinski definition) is 1. The fraction of sp³-hybridized carbons (Fsp3) is 0.321. The van der Waals surface area contributed by atoms with Crippen LogP contribution in [0.25, 0.3) is 0 Å². The quantitative estimate of drug-likeness (QED) is 0.109. The molecule has 1 atom stereocenters. The van der Waals surface area contributed by atoms with Crippen molar-refractivity contribution < 1.29 is 19.0 Å². The van der Waals surface area contributed by atoms with Gasteiger partial charge in [-0.05, 0) is 48.7 Å². The van der Waals surface area contributed by atoms with Gasteiger partial charge < -0.3 is 19.5 Å². The van der Waals surface area contributed by atoms with Gasteiger partial charge in [0.15, 0.2) is 11.5 Å². The monoisotopic (exact) mass is 598 g/mol. The van der Waals surface area contributed by atoms with Crippen molar-refractivity contribution in [2.45, 2.75) is 44.5 Å². The van der Waals surface area contributed by atoms with Crippen LogP contribution in [0.15, 0.2) is 76.0 Å². The Labute approximate surface area is 235 Å². The molecule has 1 unspecified atom stereocenters. The smallest absolute Gasteiger partial charge is 0.338 e. The van der Waals surface area contributed by atoms with Crippen LogP contribution in [0.5, 0.6) is 11.5 Å². The molecule has 0 saturated heterocycles. The van der Waals surface area contributed by atoms with Crippen molar-refractivity contribution in [2.75, 3.05) is 24.8 Å². The summed E-state index contributed by atoms with van der Waals surface area (Å²) >= 11 is 5.05. The molecule has 0 aliphatic carbocycles. The molecule has 0 radical (unpaired) electrons. The van der Waals surface area contributed by atoms with Crippen LogP contribution in [0.1, 0.15) is 43.9 Å². The number of esters is 1. The largest absolute Gasteiger partial charge is 0.493 e. The van der Waals surface area contributed by atoms with E-state index in [0.717, 1.165) is 34.2 Å². The zero-order valence-corrected chi connectivity index (χ0v) is 24.1. The van der Waals surface area contributed by atoms with Crippen LogP contribution in [0.2, 0.25) is 0 Å². The van der Waals surface area contributed by atoms with E-state index in [1.54, 1.807) is 29.6 Å². The number of carbonyl (C=O) groups is 1. The van der Waals surface area contributed by atoms with E-state index in [2.05, 4.69) is 39.7 Å². The second-order valence-electron chi connectivity index (χ2n) is 8.64. The summed E-state index contributed by atoms with van der Waals surface area (Å²) in [6.07, 6.45) is 3.71. The zero-order chi connectivity index (χ0) is 27.1. The van der Waals surface area contributed by atoms with Crippen LogP contribution >= 0.6 is 27.7 Å². The van der Waals surface area contributed by atoms with E-state index in [0.29, 0.717) is 40.5 Å². The molecule has 4 rings (SSSR count). The van der Waals surface area contributed by atoms with E-state index in [-0.39, 0.29) is 6.61 Å². The van der Waals surface area contributed by atoms with E-state index < -0.39 is 12.0 Å². The summed E-state index contributed by atoms with van der Waals surface area (Å²) in [6.45, 7) is 8.14. The van der Waals surface area contributed by atoms with Gasteiger partial charge in [-0.3, -0.25) is 0 Å². The average molecular weight is 600 g/mol. The summed E-state index contributed by atoms with van der Waals surface area (Å²) in [4.78, 5) is 17.9. The fourth-order valence-electron chi connectivity index (χ4n) is 4.00. The minimum atomic E-state index is -0.564. The second-order valence-corrected chi connectivity index (χ2v) is 10.6. The molecule has 0 bridgehead atoms. The number of halogens is 1. The number of thioether (sulfide) groups is 1. The number of nitrogens with one attached hydrogen (secondary N) is 1. The van der Waals surface area contributed by atoms with E-state index in [4.69, 9.17) is 19.3 Å². The van der Waals surface area contributed by atoms with E-state index >= 15 is 0 Å². The molecule has 2 heterocycles. The maximum absolute atomic E-state index is 13.2. The molecule has 0 amide bonds. The molecule has 200 valence electrons. The average Bonchev–Trinajstić information content (AvgIpc) is 3.32. The highest BCUT2D eigenvalue weighted by Crippen LogP contribution is 2.40. The third kappa shape index (κ3) is 6.42. The molecule has 1 aromatic heterocycles. The highest BCUT2D eigenvalue weighted by atomic mass is 79.9. The van der Waals surface area contributed by atoms with Crippen molar-refractivity contribution >= 4 is 39.6 Å². The summed E-state index contributed by atoms with van der Waals surface area (Å²) in [7, 11) is 1.59. The summed E-state index contributed by atoms with van der Waals surface area (Å²) < 4.78 is 20.0. The van der Waals surface area contributed by atoms with Gasteiger partial charge in [0.05, 0.1) is 12.7 Å². The number of benzene rings is 2. The number of nitrogens with zero attached hydrogens (tertiary/aromatic N) is 3. The van der Waals surface area contributed by atoms with Gasteiger partial charge in [0.2, 0.25) is 11.1 Å². The highest BCUT2D eigenvalue weighted by Gasteiger charge is 2.35. The molecule has 8 nitrogen and oxygen atoms in total. The van der Waals surface area contributed by atoms with Crippen LogP contribution in [0.4, 0.5) is 5.95 Å². The molecular formula is C28H31BrN4O4S. The van der Waals surface area contributed by atoms with Crippen molar-refractivity contribution in [2.24, 2.45) is 0 Å². The standard InChI is InChI=1S/C28H31BrN4O4S/c1-5-7-15-38-28-31-27-30-18(3)24(26(34)36-14-6-2)25(33(27)32-28)20-10-13-22(23(16-20)35-4)37-17-19-8-11-21(29)12-9-19/h6,8-13,16,25H,2,5,7,14-15,17H2,1,3-4H3,(H,30,31,32). The Balaban J connectivity index is 1.68. The molecule has 1 aliphatic heterocycles. The maximum atomic E-state index is 13.2. The van der Waals surface area contributed by atoms with Crippen molar-refractivity contribution in [3.63, 3.8) is 0 Å². The third-order valence-corrected chi connectivity index (χ3v) is 7.38. The predicted octanol–water partition coefficient (Wildman–Crippen LogP) is 6.54. The first-order valence-electron chi connectivity index (χ1n) is 12.4. The zero-order valence-electron chi connectivity index (χ0n) is 21.7. The number of carbonyl (C=O) groups excluding carboxylic acids is 1. The number of anilines is 1. The lowest BCUT2D eigenvalue weighted by Gasteiger charge is -2.28. The molecule has 0 saturated carbocycles. The predicted molar refractivity (Wildman–Crippen MR) is 153 cm³/mol. The second kappa shape index (κ2) is 13.0. The fourth-order valence-corrected chi connectivity index (χ4v) is 5.18. The number of fused-ring (bicyclic) bond motifs is 1. The van der Waals surface area contributed by atoms with Gasteiger partial charge in [0.1, 0.15) is 19.3 Å². The molecule has 1 aliphatic rings. The summed E-state index contributed by atoms with van der Waals surface area (Å²) in [5, 5.41) is 8.64. The summed E-state index contributed by atoms with van der Waals surface area (Å²) in [5.74, 6) is 2.19. The van der Waals surface area contributed by atoms with Crippen molar-refractivity contribution in [1.29, 1.82) is 0 Å². The Morgan fingerprint density at radius 2 is 2.03 bits per heavy atom. The highest BCUT2D eigenvalue weighted by molar-refractivity contribution is 9.10. The molecule has 38 heavy (non-hydrogen) atoms. The minimum Gasteiger partial charge on any atom is -0.493 e. The normalized spacial score (nSPS) is 14.5. The minimum absolute atomic E-state index is 0.108. The molecule has 0 fully saturated rings. The number of rotatable bonds is 12. The first-order valence-corrected chi connectivity index (χ1v) is 14.1. The van der Waals surface area contributed by atoms with Gasteiger partial charge in [-0.25, -0.2) is 9.48 Å². The van der Waals surface area contributed by atoms with Crippen LogP contribution in [0, 0.1) is 0 Å². The Hall–Kier alpha value is -3.24. The van der Waals surface area contributed by atoms with Gasteiger partial charge >= 0.3 is 5.97 Å². The van der Waals surface area contributed by atoms with Gasteiger partial charge in [0, 0.05) is 15.9 Å². The van der Waals surface area contributed by atoms with E-state index in [1.807, 2.05) is 49.4 Å². The lowest BCUT2D eigenvalue weighted by Crippen LogP contribution is -2.29. The van der Waals surface area contributed by atoms with Crippen LogP contribution < -0.4 is 14.8 Å². The van der Waals surface area contributed by atoms with Gasteiger partial charge in [-0.1, -0.05) is 71.9 Å². The Bertz CT molecular complexity index is 1320. The lowest BCUT2D eigenvalue weighted by atomic mass is 9.95. The lowest BCUT2D eigenvalue weighted by molar-refractivity contribution is -0.138. The molecule has 0 spiro atoms. The molecular weight excluding hydrogens is 568 g/mol. The molecule has 2 aromatic carbocycles. The number of aromatic nitrogens is 3. The Morgan fingerprint density at radius 3 is 2.74 bits per heavy atom. The van der Waals surface area contributed by atoms with Crippen LogP contribution in [-0.2, 0) is 16.1 Å². The van der Waals surface area contributed by atoms with Crippen molar-refractivity contribution in [3.05, 3.63) is 82.0 Å². The third-order valence-electron chi connectivity index (χ3n) is 5.93. The van der Waals surface area contributed by atoms with Gasteiger partial charge in [-0.2, -0.15) is 4.98 Å². The number of unbranched alkanes of at least 4 members (excludes halogenated alkanes) is 1.